The highest BCUT2D eigenvalue weighted by Gasteiger charge is 2.36. The fraction of sp³-hybridized carbons (Fsp3) is 0.464. The summed E-state index contributed by atoms with van der Waals surface area (Å²) in [6.07, 6.45) is 4.22. The van der Waals surface area contributed by atoms with Crippen molar-refractivity contribution in [3.8, 4) is 6.07 Å². The SMILES string of the molecule is CC(C)C(C#N)(CCCCC(=O)N1CCC[C@@H]1C(=O)NCc1ccccc1)c1ccccc1. The van der Waals surface area contributed by atoms with Gasteiger partial charge in [-0.3, -0.25) is 9.59 Å². The van der Waals surface area contributed by atoms with E-state index in [0.29, 0.717) is 25.9 Å². The summed E-state index contributed by atoms with van der Waals surface area (Å²) in [5, 5.41) is 13.0. The van der Waals surface area contributed by atoms with Crippen LogP contribution in [0.2, 0.25) is 0 Å². The van der Waals surface area contributed by atoms with E-state index in [9.17, 15) is 14.9 Å². The molecule has 0 spiro atoms. The highest BCUT2D eigenvalue weighted by Crippen LogP contribution is 2.37. The van der Waals surface area contributed by atoms with E-state index in [1.165, 1.54) is 0 Å². The second-order valence-electron chi connectivity index (χ2n) is 9.26. The van der Waals surface area contributed by atoms with E-state index in [4.69, 9.17) is 0 Å². The van der Waals surface area contributed by atoms with Crippen LogP contribution in [0, 0.1) is 17.2 Å². The van der Waals surface area contributed by atoms with Crippen molar-refractivity contribution in [2.75, 3.05) is 6.54 Å². The van der Waals surface area contributed by atoms with Crippen LogP contribution in [0.3, 0.4) is 0 Å². The van der Waals surface area contributed by atoms with Gasteiger partial charge in [-0.05, 0) is 42.7 Å². The van der Waals surface area contributed by atoms with Crippen molar-refractivity contribution >= 4 is 11.8 Å². The Bertz CT molecular complexity index is 952. The molecule has 3 rings (SSSR count). The number of amides is 2. The molecule has 2 aromatic rings. The molecule has 0 aromatic heterocycles. The second kappa shape index (κ2) is 11.7. The lowest BCUT2D eigenvalue weighted by Crippen LogP contribution is -2.45. The average Bonchev–Trinajstić information content (AvgIpc) is 3.34. The van der Waals surface area contributed by atoms with E-state index in [1.54, 1.807) is 4.90 Å². The summed E-state index contributed by atoms with van der Waals surface area (Å²) in [5.41, 5.74) is 1.55. The molecule has 1 saturated heterocycles. The molecule has 0 saturated carbocycles. The van der Waals surface area contributed by atoms with Crippen molar-refractivity contribution in [1.29, 1.82) is 5.26 Å². The summed E-state index contributed by atoms with van der Waals surface area (Å²) < 4.78 is 0. The molecular formula is C28H35N3O2. The van der Waals surface area contributed by atoms with Gasteiger partial charge in [0, 0.05) is 19.5 Å². The minimum Gasteiger partial charge on any atom is -0.350 e. The Hall–Kier alpha value is -3.13. The molecule has 0 aliphatic carbocycles. The van der Waals surface area contributed by atoms with Crippen LogP contribution in [0.4, 0.5) is 0 Å². The maximum atomic E-state index is 12.9. The minimum atomic E-state index is -0.544. The van der Waals surface area contributed by atoms with Gasteiger partial charge < -0.3 is 10.2 Å². The lowest BCUT2D eigenvalue weighted by Gasteiger charge is -2.31. The first kappa shape index (κ1) is 24.5. The number of rotatable bonds is 10. The topological polar surface area (TPSA) is 73.2 Å². The Labute approximate surface area is 197 Å². The van der Waals surface area contributed by atoms with Gasteiger partial charge in [-0.15, -0.1) is 0 Å². The number of likely N-dealkylation sites (tertiary alicyclic amines) is 1. The maximum absolute atomic E-state index is 12.9. The molecule has 1 N–H and O–H groups in total. The van der Waals surface area contributed by atoms with Gasteiger partial charge in [-0.2, -0.15) is 5.26 Å². The third-order valence-corrected chi connectivity index (χ3v) is 6.87. The number of nitrogens with one attached hydrogen (secondary N) is 1. The number of carbonyl (C=O) groups is 2. The zero-order chi connectivity index (χ0) is 23.7. The highest BCUT2D eigenvalue weighted by atomic mass is 16.2. The number of benzene rings is 2. The van der Waals surface area contributed by atoms with Crippen LogP contribution in [0.1, 0.15) is 63.5 Å². The normalized spacial score (nSPS) is 17.4. The van der Waals surface area contributed by atoms with Gasteiger partial charge in [-0.1, -0.05) is 80.9 Å². The second-order valence-corrected chi connectivity index (χ2v) is 9.26. The first-order valence-electron chi connectivity index (χ1n) is 12.1. The molecule has 1 fully saturated rings. The van der Waals surface area contributed by atoms with Crippen molar-refractivity contribution < 1.29 is 9.59 Å². The van der Waals surface area contributed by atoms with Gasteiger partial charge in [0.05, 0.1) is 11.5 Å². The van der Waals surface area contributed by atoms with Crippen LogP contribution < -0.4 is 5.32 Å². The molecule has 0 bridgehead atoms. The van der Waals surface area contributed by atoms with E-state index in [1.807, 2.05) is 60.7 Å². The lowest BCUT2D eigenvalue weighted by molar-refractivity contribution is -0.138. The van der Waals surface area contributed by atoms with Crippen molar-refractivity contribution in [2.45, 2.75) is 70.4 Å². The predicted molar refractivity (Wildman–Crippen MR) is 130 cm³/mol. The third kappa shape index (κ3) is 6.01. The van der Waals surface area contributed by atoms with Gasteiger partial charge in [0.25, 0.3) is 0 Å². The number of nitriles is 1. The van der Waals surface area contributed by atoms with Crippen LogP contribution in [0.5, 0.6) is 0 Å². The first-order valence-corrected chi connectivity index (χ1v) is 12.1. The Kier molecular flexibility index (Phi) is 8.65. The molecule has 0 radical (unpaired) electrons. The third-order valence-electron chi connectivity index (χ3n) is 6.87. The Morgan fingerprint density at radius 3 is 2.39 bits per heavy atom. The molecule has 2 aromatic carbocycles. The maximum Gasteiger partial charge on any atom is 0.243 e. The van der Waals surface area contributed by atoms with Crippen LogP contribution in [0.15, 0.2) is 60.7 Å². The molecule has 1 aliphatic heterocycles. The molecule has 5 nitrogen and oxygen atoms in total. The van der Waals surface area contributed by atoms with Crippen molar-refractivity contribution in [3.05, 3.63) is 71.8 Å². The van der Waals surface area contributed by atoms with E-state index in [0.717, 1.165) is 36.8 Å². The molecule has 174 valence electrons. The highest BCUT2D eigenvalue weighted by molar-refractivity contribution is 5.88. The monoisotopic (exact) mass is 445 g/mol. The molecule has 1 heterocycles. The summed E-state index contributed by atoms with van der Waals surface area (Å²) in [5.74, 6) is 0.146. The molecule has 2 amide bonds. The fourth-order valence-corrected chi connectivity index (χ4v) is 4.82. The largest absolute Gasteiger partial charge is 0.350 e. The predicted octanol–water partition coefficient (Wildman–Crippen LogP) is 4.97. The van der Waals surface area contributed by atoms with Crippen molar-refractivity contribution in [1.82, 2.24) is 10.2 Å². The number of nitrogens with zero attached hydrogens (tertiary/aromatic N) is 2. The number of hydrogen-bond acceptors (Lipinski definition) is 3. The van der Waals surface area contributed by atoms with Gasteiger partial charge in [0.2, 0.25) is 11.8 Å². The average molecular weight is 446 g/mol. The van der Waals surface area contributed by atoms with Gasteiger partial charge in [0.1, 0.15) is 6.04 Å². The summed E-state index contributed by atoms with van der Waals surface area (Å²) in [6, 6.07) is 22.0. The lowest BCUT2D eigenvalue weighted by atomic mass is 9.69. The standard InChI is InChI=1S/C28H35N3O2/c1-22(2)28(21-29,24-14-7-4-8-15-24)18-10-9-17-26(32)31-19-11-16-25(31)27(33)30-20-23-12-5-3-6-13-23/h3-8,12-15,22,25H,9-11,16-20H2,1-2H3,(H,30,33)/t25-,28?/m1/s1. The molecule has 33 heavy (non-hydrogen) atoms. The summed E-state index contributed by atoms with van der Waals surface area (Å²) >= 11 is 0. The Morgan fingerprint density at radius 1 is 1.09 bits per heavy atom. The Morgan fingerprint density at radius 2 is 1.76 bits per heavy atom. The number of carbonyl (C=O) groups excluding carboxylic acids is 2. The van der Waals surface area contributed by atoms with Gasteiger partial charge >= 0.3 is 0 Å². The van der Waals surface area contributed by atoms with E-state index < -0.39 is 5.41 Å². The van der Waals surface area contributed by atoms with Gasteiger partial charge in [0.15, 0.2) is 0 Å². The number of hydrogen-bond donors (Lipinski definition) is 1. The van der Waals surface area contributed by atoms with Crippen LogP contribution in [-0.2, 0) is 21.5 Å². The van der Waals surface area contributed by atoms with E-state index in [-0.39, 0.29) is 23.8 Å². The van der Waals surface area contributed by atoms with Crippen LogP contribution in [-0.4, -0.2) is 29.3 Å². The summed E-state index contributed by atoms with van der Waals surface area (Å²) in [4.78, 5) is 27.4. The summed E-state index contributed by atoms with van der Waals surface area (Å²) in [6.45, 7) is 5.29. The molecule has 1 aliphatic rings. The van der Waals surface area contributed by atoms with E-state index >= 15 is 0 Å². The Balaban J connectivity index is 1.51. The zero-order valence-corrected chi connectivity index (χ0v) is 19.8. The first-order chi connectivity index (χ1) is 16.0. The van der Waals surface area contributed by atoms with E-state index in [2.05, 4.69) is 25.2 Å². The molecule has 5 heteroatoms. The molecule has 2 atom stereocenters. The number of unbranched alkanes of at least 4 members (excludes halogenated alkanes) is 1. The fourth-order valence-electron chi connectivity index (χ4n) is 4.82. The van der Waals surface area contributed by atoms with Crippen LogP contribution in [0.25, 0.3) is 0 Å². The molecular weight excluding hydrogens is 410 g/mol. The minimum absolute atomic E-state index is 0.0409. The van der Waals surface area contributed by atoms with Crippen LogP contribution >= 0.6 is 0 Å². The molecule has 1 unspecified atom stereocenters. The van der Waals surface area contributed by atoms with Gasteiger partial charge in [-0.25, -0.2) is 0 Å². The summed E-state index contributed by atoms with van der Waals surface area (Å²) in [7, 11) is 0. The zero-order valence-electron chi connectivity index (χ0n) is 19.8. The quantitative estimate of drug-likeness (QED) is 0.525. The van der Waals surface area contributed by atoms with Crippen molar-refractivity contribution in [2.24, 2.45) is 5.92 Å². The smallest absolute Gasteiger partial charge is 0.243 e. The van der Waals surface area contributed by atoms with Crippen molar-refractivity contribution in [3.63, 3.8) is 0 Å².